The van der Waals surface area contributed by atoms with Crippen molar-refractivity contribution in [2.24, 2.45) is 0 Å². The van der Waals surface area contributed by atoms with Gasteiger partial charge in [-0.3, -0.25) is 0 Å². The van der Waals surface area contributed by atoms with Crippen LogP contribution in [-0.4, -0.2) is 35.6 Å². The van der Waals surface area contributed by atoms with Crippen LogP contribution in [0.5, 0.6) is 0 Å². The van der Waals surface area contributed by atoms with Gasteiger partial charge in [-0.15, -0.1) is 11.8 Å². The van der Waals surface area contributed by atoms with E-state index in [2.05, 4.69) is 5.32 Å². The van der Waals surface area contributed by atoms with Crippen LogP contribution in [0.1, 0.15) is 41.0 Å². The number of hydrogen-bond acceptors (Lipinski definition) is 5. The van der Waals surface area contributed by atoms with Gasteiger partial charge in [-0.2, -0.15) is 0 Å². The van der Waals surface area contributed by atoms with Crippen molar-refractivity contribution >= 4 is 23.8 Å². The number of ether oxygens (including phenoxy) is 2. The average molecular weight is 353 g/mol. The van der Waals surface area contributed by atoms with Gasteiger partial charge in [0.2, 0.25) is 0 Å². The third kappa shape index (κ3) is 7.73. The van der Waals surface area contributed by atoms with E-state index in [1.165, 1.54) is 7.11 Å². The number of carbonyl (C=O) groups is 2. The molecule has 0 radical (unpaired) electrons. The molecule has 1 rings (SSSR count). The number of carbonyl (C=O) groups excluding carboxylic acids is 2. The molecule has 1 aromatic rings. The van der Waals surface area contributed by atoms with E-state index in [1.54, 1.807) is 32.5 Å². The number of thioether (sulfide) groups is 1. The maximum atomic E-state index is 12.0. The van der Waals surface area contributed by atoms with Gasteiger partial charge in [0.1, 0.15) is 11.6 Å². The minimum absolute atomic E-state index is 0.283. The zero-order valence-corrected chi connectivity index (χ0v) is 16.0. The van der Waals surface area contributed by atoms with Crippen molar-refractivity contribution in [3.63, 3.8) is 0 Å². The summed E-state index contributed by atoms with van der Waals surface area (Å²) in [5.74, 6) is -0.484. The van der Waals surface area contributed by atoms with Crippen LogP contribution >= 0.6 is 11.8 Å². The molecule has 1 unspecified atom stereocenters. The summed E-state index contributed by atoms with van der Waals surface area (Å²) in [6.45, 7) is 9.37. The van der Waals surface area contributed by atoms with Crippen LogP contribution in [0.4, 0.5) is 4.79 Å². The van der Waals surface area contributed by atoms with Gasteiger partial charge >= 0.3 is 12.1 Å². The van der Waals surface area contributed by atoms with Crippen molar-refractivity contribution < 1.29 is 19.1 Å². The van der Waals surface area contributed by atoms with Gasteiger partial charge in [0.15, 0.2) is 0 Å². The van der Waals surface area contributed by atoms with E-state index in [-0.39, 0.29) is 4.75 Å². The van der Waals surface area contributed by atoms with E-state index < -0.39 is 23.7 Å². The first-order chi connectivity index (χ1) is 11.0. The number of amides is 1. The van der Waals surface area contributed by atoms with Crippen LogP contribution in [0.2, 0.25) is 0 Å². The summed E-state index contributed by atoms with van der Waals surface area (Å²) >= 11 is 1.64. The highest BCUT2D eigenvalue weighted by Crippen LogP contribution is 2.36. The fourth-order valence-corrected chi connectivity index (χ4v) is 3.31. The number of nitrogens with one attached hydrogen (secondary N) is 1. The van der Waals surface area contributed by atoms with E-state index in [0.29, 0.717) is 6.42 Å². The molecule has 1 amide bonds. The van der Waals surface area contributed by atoms with Crippen molar-refractivity contribution in [1.82, 2.24) is 5.32 Å². The highest BCUT2D eigenvalue weighted by Gasteiger charge is 2.32. The molecule has 0 fully saturated rings. The van der Waals surface area contributed by atoms with Gasteiger partial charge in [0.05, 0.1) is 7.11 Å². The fraction of sp³-hybridized carbons (Fsp3) is 0.556. The van der Waals surface area contributed by atoms with Gasteiger partial charge < -0.3 is 14.8 Å². The summed E-state index contributed by atoms with van der Waals surface area (Å²) in [7, 11) is 1.31. The van der Waals surface area contributed by atoms with E-state index >= 15 is 0 Å². The molecular formula is C18H27NO4S. The summed E-state index contributed by atoms with van der Waals surface area (Å²) < 4.78 is 9.77. The SMILES string of the molecule is COC(=O)C(CC(C)(C)Sc1ccccc1)NC(=O)OC(C)(C)C. The van der Waals surface area contributed by atoms with Gasteiger partial charge in [-0.25, -0.2) is 9.59 Å². The van der Waals surface area contributed by atoms with Crippen LogP contribution in [0.15, 0.2) is 35.2 Å². The lowest BCUT2D eigenvalue weighted by Gasteiger charge is -2.29. The molecule has 0 aliphatic heterocycles. The molecule has 0 aliphatic carbocycles. The third-order valence-electron chi connectivity index (χ3n) is 3.01. The Morgan fingerprint density at radius 3 is 2.21 bits per heavy atom. The van der Waals surface area contributed by atoms with Gasteiger partial charge in [-0.05, 0) is 39.3 Å². The van der Waals surface area contributed by atoms with Gasteiger partial charge in [0.25, 0.3) is 0 Å². The number of alkyl carbamates (subject to hydrolysis) is 1. The zero-order chi connectivity index (χ0) is 18.4. The topological polar surface area (TPSA) is 64.6 Å². The van der Waals surface area contributed by atoms with Crippen LogP contribution in [-0.2, 0) is 14.3 Å². The van der Waals surface area contributed by atoms with Crippen molar-refractivity contribution in [2.75, 3.05) is 7.11 Å². The smallest absolute Gasteiger partial charge is 0.408 e. The Morgan fingerprint density at radius 1 is 1.12 bits per heavy atom. The molecule has 134 valence electrons. The number of esters is 1. The Labute approximate surface area is 148 Å². The highest BCUT2D eigenvalue weighted by atomic mass is 32.2. The van der Waals surface area contributed by atoms with E-state index in [9.17, 15) is 9.59 Å². The van der Waals surface area contributed by atoms with Gasteiger partial charge in [-0.1, -0.05) is 32.0 Å². The first-order valence-electron chi connectivity index (χ1n) is 7.84. The van der Waals surface area contributed by atoms with Crippen molar-refractivity contribution in [2.45, 2.75) is 62.3 Å². The second-order valence-electron chi connectivity index (χ2n) is 7.10. The summed E-state index contributed by atoms with van der Waals surface area (Å²) in [5.41, 5.74) is -0.626. The quantitative estimate of drug-likeness (QED) is 0.618. The maximum absolute atomic E-state index is 12.0. The average Bonchev–Trinajstić information content (AvgIpc) is 2.44. The molecule has 5 nitrogen and oxygen atoms in total. The van der Waals surface area contributed by atoms with Gasteiger partial charge in [0, 0.05) is 9.64 Å². The number of methoxy groups -OCH3 is 1. The van der Waals surface area contributed by atoms with Crippen molar-refractivity contribution in [3.05, 3.63) is 30.3 Å². The standard InChI is InChI=1S/C18H27NO4S/c1-17(2,3)23-16(21)19-14(15(20)22-6)12-18(4,5)24-13-10-8-7-9-11-13/h7-11,14H,12H2,1-6H3,(H,19,21). The molecule has 0 spiro atoms. The normalized spacial score (nSPS) is 13.1. The van der Waals surface area contributed by atoms with Crippen molar-refractivity contribution in [3.8, 4) is 0 Å². The Kier molecular flexibility index (Phi) is 7.14. The molecule has 0 heterocycles. The maximum Gasteiger partial charge on any atom is 0.408 e. The number of benzene rings is 1. The number of hydrogen-bond donors (Lipinski definition) is 1. The minimum Gasteiger partial charge on any atom is -0.467 e. The molecule has 0 aromatic heterocycles. The van der Waals surface area contributed by atoms with E-state index in [1.807, 2.05) is 44.2 Å². The van der Waals surface area contributed by atoms with Crippen LogP contribution in [0, 0.1) is 0 Å². The minimum atomic E-state index is -0.768. The van der Waals surface area contributed by atoms with Crippen molar-refractivity contribution in [1.29, 1.82) is 0 Å². The summed E-state index contributed by atoms with van der Waals surface area (Å²) in [6, 6.07) is 9.15. The molecule has 0 bridgehead atoms. The lowest BCUT2D eigenvalue weighted by Crippen LogP contribution is -2.46. The molecular weight excluding hydrogens is 326 g/mol. The molecule has 1 N–H and O–H groups in total. The monoisotopic (exact) mass is 353 g/mol. The van der Waals surface area contributed by atoms with E-state index in [0.717, 1.165) is 4.90 Å². The predicted molar refractivity (Wildman–Crippen MR) is 96.2 cm³/mol. The largest absolute Gasteiger partial charge is 0.467 e. The zero-order valence-electron chi connectivity index (χ0n) is 15.2. The third-order valence-corrected chi connectivity index (χ3v) is 4.24. The highest BCUT2D eigenvalue weighted by molar-refractivity contribution is 8.00. The molecule has 0 aliphatic rings. The molecule has 1 atom stereocenters. The molecule has 6 heteroatoms. The predicted octanol–water partition coefficient (Wildman–Crippen LogP) is 4.01. The summed E-state index contributed by atoms with van der Waals surface area (Å²) in [6.07, 6.45) is -0.211. The first-order valence-corrected chi connectivity index (χ1v) is 8.65. The Balaban J connectivity index is 2.77. The fourth-order valence-electron chi connectivity index (χ4n) is 2.13. The van der Waals surface area contributed by atoms with Crippen LogP contribution in [0.25, 0.3) is 0 Å². The summed E-state index contributed by atoms with van der Waals surface area (Å²) in [4.78, 5) is 25.1. The lowest BCUT2D eigenvalue weighted by molar-refractivity contribution is -0.143. The van der Waals surface area contributed by atoms with E-state index in [4.69, 9.17) is 9.47 Å². The Bertz CT molecular complexity index is 552. The van der Waals surface area contributed by atoms with Crippen LogP contribution in [0.3, 0.4) is 0 Å². The second kappa shape index (κ2) is 8.42. The molecule has 1 aromatic carbocycles. The first kappa shape index (κ1) is 20.4. The molecule has 24 heavy (non-hydrogen) atoms. The second-order valence-corrected chi connectivity index (χ2v) is 8.88. The molecule has 0 saturated heterocycles. The number of rotatable bonds is 6. The molecule has 0 saturated carbocycles. The van der Waals surface area contributed by atoms with Crippen LogP contribution < -0.4 is 5.32 Å². The lowest BCUT2D eigenvalue weighted by atomic mass is 10.0. The Hall–Kier alpha value is -1.69. The Morgan fingerprint density at radius 2 is 1.71 bits per heavy atom. The summed E-state index contributed by atoms with van der Waals surface area (Å²) in [5, 5.41) is 2.62.